The van der Waals surface area contributed by atoms with Crippen LogP contribution >= 0.6 is 36.2 Å². The summed E-state index contributed by atoms with van der Waals surface area (Å²) in [6.45, 7) is 4.11. The van der Waals surface area contributed by atoms with Crippen LogP contribution in [-0.4, -0.2) is 52.8 Å². The molecule has 0 aliphatic carbocycles. The van der Waals surface area contributed by atoms with Gasteiger partial charge in [0.15, 0.2) is 0 Å². The van der Waals surface area contributed by atoms with E-state index in [4.69, 9.17) is 9.47 Å². The minimum absolute atomic E-state index is 0. The number of pyridine rings is 1. The third kappa shape index (κ3) is 4.97. The summed E-state index contributed by atoms with van der Waals surface area (Å²) in [5.74, 6) is 2.79. The fraction of sp³-hybridized carbons (Fsp3) is 0.423. The maximum atomic E-state index is 13.0. The second-order valence-electron chi connectivity index (χ2n) is 9.40. The number of fused-ring (bicyclic) bond motifs is 6. The molecule has 8 nitrogen and oxygen atoms in total. The average Bonchev–Trinajstić information content (AvgIpc) is 3.26. The summed E-state index contributed by atoms with van der Waals surface area (Å²) in [7, 11) is 1.72. The van der Waals surface area contributed by atoms with Crippen LogP contribution in [0.2, 0.25) is 0 Å². The van der Waals surface area contributed by atoms with Crippen molar-refractivity contribution in [3.8, 4) is 11.5 Å². The van der Waals surface area contributed by atoms with Gasteiger partial charge in [-0.1, -0.05) is 6.07 Å². The van der Waals surface area contributed by atoms with Crippen LogP contribution in [0.5, 0.6) is 11.5 Å². The highest BCUT2D eigenvalue weighted by Crippen LogP contribution is 2.46. The van der Waals surface area contributed by atoms with Crippen molar-refractivity contribution in [3.63, 3.8) is 0 Å². The number of H-pyrrole nitrogens is 1. The zero-order valence-corrected chi connectivity index (χ0v) is 22.9. The second-order valence-corrected chi connectivity index (χ2v) is 10.4. The maximum absolute atomic E-state index is 13.0. The van der Waals surface area contributed by atoms with Crippen molar-refractivity contribution in [1.29, 1.82) is 0 Å². The van der Waals surface area contributed by atoms with E-state index in [1.807, 2.05) is 30.3 Å². The number of aromatic nitrogens is 3. The van der Waals surface area contributed by atoms with E-state index in [0.29, 0.717) is 28.6 Å². The minimum Gasteiger partial charge on any atom is -0.496 e. The first-order valence-corrected chi connectivity index (χ1v) is 13.0. The van der Waals surface area contributed by atoms with Crippen LogP contribution in [0, 0.1) is 5.92 Å². The highest BCUT2D eigenvalue weighted by molar-refractivity contribution is 7.25. The van der Waals surface area contributed by atoms with Gasteiger partial charge < -0.3 is 19.4 Å². The lowest BCUT2D eigenvalue weighted by atomic mass is 9.78. The number of methoxy groups -OCH3 is 1. The SMILES string of the molecule is COc1cccc2c1[C@H]1CCN(CCCCn3c(=O)[nH]c4c(sc5ncccc54)c3=O)C[C@@H]1CO2.Cl.Cl. The molecule has 1 N–H and O–H groups in total. The Kier molecular flexibility index (Phi) is 8.48. The van der Waals surface area contributed by atoms with E-state index in [2.05, 4.69) is 14.9 Å². The first kappa shape index (κ1) is 27.4. The molecule has 0 saturated carbocycles. The Morgan fingerprint density at radius 3 is 2.84 bits per heavy atom. The van der Waals surface area contributed by atoms with Crippen molar-refractivity contribution in [2.75, 3.05) is 33.4 Å². The predicted molar refractivity (Wildman–Crippen MR) is 152 cm³/mol. The number of thiophene rings is 1. The molecule has 2 aliphatic heterocycles. The number of benzene rings is 1. The van der Waals surface area contributed by atoms with E-state index in [-0.39, 0.29) is 36.1 Å². The van der Waals surface area contributed by atoms with Gasteiger partial charge in [-0.05, 0) is 62.5 Å². The van der Waals surface area contributed by atoms with E-state index in [9.17, 15) is 9.59 Å². The van der Waals surface area contributed by atoms with Gasteiger partial charge in [0.2, 0.25) is 0 Å². The average molecular weight is 566 g/mol. The van der Waals surface area contributed by atoms with Crippen LogP contribution in [0.3, 0.4) is 0 Å². The van der Waals surface area contributed by atoms with Gasteiger partial charge in [0.25, 0.3) is 5.56 Å². The molecule has 0 unspecified atom stereocenters. The van der Waals surface area contributed by atoms with Gasteiger partial charge in [0.05, 0.1) is 19.2 Å². The zero-order chi connectivity index (χ0) is 23.9. The summed E-state index contributed by atoms with van der Waals surface area (Å²) in [4.78, 5) is 36.2. The molecule has 1 fully saturated rings. The molecule has 0 bridgehead atoms. The van der Waals surface area contributed by atoms with Crippen LogP contribution in [0.25, 0.3) is 20.4 Å². The third-order valence-electron chi connectivity index (χ3n) is 7.38. The molecule has 3 aromatic heterocycles. The summed E-state index contributed by atoms with van der Waals surface area (Å²) in [6.07, 6.45) is 4.48. The van der Waals surface area contributed by atoms with Crippen LogP contribution in [-0.2, 0) is 6.54 Å². The molecule has 2 aliphatic rings. The smallest absolute Gasteiger partial charge is 0.328 e. The molecular formula is C26H30Cl2N4O4S. The van der Waals surface area contributed by atoms with Crippen LogP contribution in [0.1, 0.15) is 30.7 Å². The number of unbranched alkanes of at least 4 members (excludes halogenated alkanes) is 1. The normalized spacial score (nSPS) is 18.8. The lowest BCUT2D eigenvalue weighted by Gasteiger charge is -2.42. The van der Waals surface area contributed by atoms with Gasteiger partial charge in [-0.2, -0.15) is 0 Å². The first-order valence-electron chi connectivity index (χ1n) is 12.2. The van der Waals surface area contributed by atoms with Crippen LogP contribution < -0.4 is 20.7 Å². The molecule has 6 rings (SSSR count). The Balaban J connectivity index is 0.00000160. The van der Waals surface area contributed by atoms with Crippen molar-refractivity contribution in [2.24, 2.45) is 5.92 Å². The monoisotopic (exact) mass is 564 g/mol. The van der Waals surface area contributed by atoms with Crippen LogP contribution in [0.15, 0.2) is 46.1 Å². The summed E-state index contributed by atoms with van der Waals surface area (Å²) >= 11 is 1.34. The summed E-state index contributed by atoms with van der Waals surface area (Å²) in [5, 5.41) is 0.823. The Bertz CT molecular complexity index is 1500. The van der Waals surface area contributed by atoms with Gasteiger partial charge in [0.1, 0.15) is 21.0 Å². The molecular weight excluding hydrogens is 535 g/mol. The highest BCUT2D eigenvalue weighted by atomic mass is 35.5. The van der Waals surface area contributed by atoms with Crippen molar-refractivity contribution in [2.45, 2.75) is 31.7 Å². The molecule has 0 amide bonds. The number of hydrogen-bond donors (Lipinski definition) is 1. The molecule has 5 heterocycles. The van der Waals surface area contributed by atoms with Gasteiger partial charge in [-0.15, -0.1) is 36.2 Å². The number of piperidine rings is 1. The third-order valence-corrected chi connectivity index (χ3v) is 8.48. The lowest BCUT2D eigenvalue weighted by Crippen LogP contribution is -2.44. The molecule has 0 radical (unpaired) electrons. The Labute approximate surface area is 230 Å². The van der Waals surface area contributed by atoms with E-state index in [1.54, 1.807) is 13.3 Å². The summed E-state index contributed by atoms with van der Waals surface area (Å²) in [6, 6.07) is 9.74. The topological polar surface area (TPSA) is 89.5 Å². The highest BCUT2D eigenvalue weighted by Gasteiger charge is 2.37. The number of aromatic amines is 1. The molecule has 1 saturated heterocycles. The number of halogens is 2. The molecule has 4 aromatic rings. The summed E-state index contributed by atoms with van der Waals surface area (Å²) in [5.41, 5.74) is 1.25. The largest absolute Gasteiger partial charge is 0.496 e. The minimum atomic E-state index is -0.348. The van der Waals surface area contributed by atoms with Gasteiger partial charge in [-0.3, -0.25) is 9.36 Å². The van der Waals surface area contributed by atoms with Crippen molar-refractivity contribution < 1.29 is 9.47 Å². The molecule has 198 valence electrons. The molecule has 11 heteroatoms. The molecule has 37 heavy (non-hydrogen) atoms. The number of nitrogens with one attached hydrogen (secondary N) is 1. The number of nitrogens with zero attached hydrogens (tertiary/aromatic N) is 3. The quantitative estimate of drug-likeness (QED) is 0.348. The fourth-order valence-corrected chi connectivity index (χ4v) is 6.70. The predicted octanol–water partition coefficient (Wildman–Crippen LogP) is 4.43. The number of likely N-dealkylation sites (tertiary alicyclic amines) is 1. The number of ether oxygens (including phenoxy) is 2. The van der Waals surface area contributed by atoms with E-state index in [1.165, 1.54) is 21.5 Å². The van der Waals surface area contributed by atoms with Crippen molar-refractivity contribution in [1.82, 2.24) is 19.4 Å². The maximum Gasteiger partial charge on any atom is 0.328 e. The van der Waals surface area contributed by atoms with E-state index in [0.717, 1.165) is 67.2 Å². The van der Waals surface area contributed by atoms with Crippen molar-refractivity contribution in [3.05, 3.63) is 62.9 Å². The van der Waals surface area contributed by atoms with E-state index < -0.39 is 0 Å². The molecule has 1 aromatic carbocycles. The number of hydrogen-bond acceptors (Lipinski definition) is 7. The first-order chi connectivity index (χ1) is 17.1. The fourth-order valence-electron chi connectivity index (χ4n) is 5.65. The zero-order valence-electron chi connectivity index (χ0n) is 20.5. The van der Waals surface area contributed by atoms with Gasteiger partial charge >= 0.3 is 5.69 Å². The molecule has 2 atom stereocenters. The Hall–Kier alpha value is -2.59. The number of rotatable bonds is 6. The lowest BCUT2D eigenvalue weighted by molar-refractivity contribution is 0.0902. The Morgan fingerprint density at radius 2 is 2.00 bits per heavy atom. The van der Waals surface area contributed by atoms with E-state index >= 15 is 0 Å². The van der Waals surface area contributed by atoms with Crippen molar-refractivity contribution >= 4 is 56.6 Å². The van der Waals surface area contributed by atoms with Gasteiger partial charge in [0, 0.05) is 36.2 Å². The van der Waals surface area contributed by atoms with Crippen LogP contribution in [0.4, 0.5) is 0 Å². The van der Waals surface area contributed by atoms with Gasteiger partial charge in [-0.25, -0.2) is 9.78 Å². The second kappa shape index (κ2) is 11.4. The molecule has 0 spiro atoms. The Morgan fingerprint density at radius 1 is 1.16 bits per heavy atom. The standard InChI is InChI=1S/C26H28N4O4S.2ClH/c1-33-19-7-4-8-20-21(19)17-9-13-29(14-16(17)15-34-20)11-2-3-12-30-25(31)23-22(28-26(30)32)18-6-5-10-27-24(18)35-23;;/h4-8,10,16-17H,2-3,9,11-15H2,1H3,(H,28,32);2*1H/t16-,17+;;/m1../s1. The summed E-state index contributed by atoms with van der Waals surface area (Å²) < 4.78 is 13.6.